The van der Waals surface area contributed by atoms with Crippen LogP contribution in [0.1, 0.15) is 36.8 Å². The van der Waals surface area contributed by atoms with Crippen molar-refractivity contribution in [2.45, 2.75) is 39.2 Å². The molecule has 0 radical (unpaired) electrons. The van der Waals surface area contributed by atoms with E-state index in [0.29, 0.717) is 38.0 Å². The van der Waals surface area contributed by atoms with Crippen molar-refractivity contribution in [3.63, 3.8) is 0 Å². The zero-order valence-electron chi connectivity index (χ0n) is 15.8. The monoisotopic (exact) mass is 397 g/mol. The third-order valence-corrected chi connectivity index (χ3v) is 5.57. The number of benzene rings is 1. The summed E-state index contributed by atoms with van der Waals surface area (Å²) in [6.07, 6.45) is 3.22. The lowest BCUT2D eigenvalue weighted by molar-refractivity contribution is -0.139. The van der Waals surface area contributed by atoms with Crippen LogP contribution in [0.2, 0.25) is 0 Å². The third-order valence-electron chi connectivity index (χ3n) is 5.57. The van der Waals surface area contributed by atoms with E-state index in [2.05, 4.69) is 10.6 Å². The van der Waals surface area contributed by atoms with E-state index in [0.717, 1.165) is 31.5 Å². The van der Waals surface area contributed by atoms with E-state index in [4.69, 9.17) is 0 Å². The topological polar surface area (TPSA) is 61.4 Å². The SMILES string of the molecule is Cc1ccc(CNC(=O)C2CCN(C(=O)C3CCNCC3)CC2)cc1F.Cl. The van der Waals surface area contributed by atoms with E-state index in [1.165, 1.54) is 6.07 Å². The fraction of sp³-hybridized carbons (Fsp3) is 0.600. The molecule has 1 aromatic rings. The average Bonchev–Trinajstić information content (AvgIpc) is 2.69. The summed E-state index contributed by atoms with van der Waals surface area (Å²) in [6, 6.07) is 5.02. The van der Waals surface area contributed by atoms with Gasteiger partial charge in [0.15, 0.2) is 0 Å². The van der Waals surface area contributed by atoms with Gasteiger partial charge in [-0.15, -0.1) is 12.4 Å². The minimum Gasteiger partial charge on any atom is -0.352 e. The van der Waals surface area contributed by atoms with Gasteiger partial charge < -0.3 is 15.5 Å². The first-order chi connectivity index (χ1) is 12.5. The largest absolute Gasteiger partial charge is 0.352 e. The van der Waals surface area contributed by atoms with Gasteiger partial charge in [0.1, 0.15) is 5.82 Å². The van der Waals surface area contributed by atoms with Gasteiger partial charge in [-0.25, -0.2) is 4.39 Å². The highest BCUT2D eigenvalue weighted by Crippen LogP contribution is 2.22. The van der Waals surface area contributed by atoms with Gasteiger partial charge in [-0.3, -0.25) is 9.59 Å². The van der Waals surface area contributed by atoms with Crippen LogP contribution in [0.25, 0.3) is 0 Å². The van der Waals surface area contributed by atoms with Crippen molar-refractivity contribution in [3.05, 3.63) is 35.1 Å². The molecule has 0 unspecified atom stereocenters. The van der Waals surface area contributed by atoms with Crippen molar-refractivity contribution in [2.24, 2.45) is 11.8 Å². The molecule has 27 heavy (non-hydrogen) atoms. The minimum absolute atomic E-state index is 0. The fourth-order valence-corrected chi connectivity index (χ4v) is 3.77. The summed E-state index contributed by atoms with van der Waals surface area (Å²) in [5, 5.41) is 6.19. The number of amides is 2. The van der Waals surface area contributed by atoms with Gasteiger partial charge in [0.25, 0.3) is 0 Å². The Morgan fingerprint density at radius 2 is 1.81 bits per heavy atom. The van der Waals surface area contributed by atoms with Gasteiger partial charge >= 0.3 is 0 Å². The van der Waals surface area contributed by atoms with E-state index < -0.39 is 0 Å². The van der Waals surface area contributed by atoms with Crippen LogP contribution >= 0.6 is 12.4 Å². The molecule has 0 saturated carbocycles. The highest BCUT2D eigenvalue weighted by atomic mass is 35.5. The number of carbonyl (C=O) groups excluding carboxylic acids is 2. The maximum atomic E-state index is 13.6. The first-order valence-electron chi connectivity index (χ1n) is 9.57. The molecular formula is C20H29ClFN3O2. The van der Waals surface area contributed by atoms with Crippen LogP contribution in [-0.4, -0.2) is 42.9 Å². The molecule has 2 fully saturated rings. The Hall–Kier alpha value is -1.66. The standard InChI is InChI=1S/C20H28FN3O2.ClH/c1-14-2-3-15(12-18(14)21)13-23-19(25)16-6-10-24(11-7-16)20(26)17-4-8-22-9-5-17;/h2-3,12,16-17,22H,4-11,13H2,1H3,(H,23,25);1H. The van der Waals surface area contributed by atoms with Crippen molar-refractivity contribution < 1.29 is 14.0 Å². The fourth-order valence-electron chi connectivity index (χ4n) is 3.77. The van der Waals surface area contributed by atoms with E-state index in [-0.39, 0.29) is 41.9 Å². The number of nitrogens with zero attached hydrogens (tertiary/aromatic N) is 1. The Labute approximate surface area is 166 Å². The molecule has 7 heteroatoms. The number of hydrogen-bond acceptors (Lipinski definition) is 3. The van der Waals surface area contributed by atoms with Crippen molar-refractivity contribution in [1.82, 2.24) is 15.5 Å². The molecule has 3 rings (SSSR count). The number of piperidine rings is 2. The molecule has 0 atom stereocenters. The molecule has 0 spiro atoms. The predicted octanol–water partition coefficient (Wildman–Crippen LogP) is 2.41. The van der Waals surface area contributed by atoms with Gasteiger partial charge in [0, 0.05) is 31.5 Å². The second kappa shape index (κ2) is 10.0. The first kappa shape index (κ1) is 21.6. The molecule has 1 aromatic carbocycles. The van der Waals surface area contributed by atoms with Crippen molar-refractivity contribution in [2.75, 3.05) is 26.2 Å². The summed E-state index contributed by atoms with van der Waals surface area (Å²) < 4.78 is 13.6. The Morgan fingerprint density at radius 1 is 1.15 bits per heavy atom. The molecule has 2 N–H and O–H groups in total. The third kappa shape index (κ3) is 5.66. The lowest BCUT2D eigenvalue weighted by atomic mass is 9.92. The molecule has 2 saturated heterocycles. The molecule has 0 bridgehead atoms. The Bertz CT molecular complexity index is 657. The second-order valence-electron chi connectivity index (χ2n) is 7.43. The van der Waals surface area contributed by atoms with Crippen LogP contribution in [0.3, 0.4) is 0 Å². The molecule has 150 valence electrons. The number of likely N-dealkylation sites (tertiary alicyclic amines) is 1. The van der Waals surface area contributed by atoms with Crippen LogP contribution < -0.4 is 10.6 Å². The average molecular weight is 398 g/mol. The normalized spacial score (nSPS) is 18.7. The Morgan fingerprint density at radius 3 is 2.44 bits per heavy atom. The van der Waals surface area contributed by atoms with Gasteiger partial charge in [-0.1, -0.05) is 12.1 Å². The maximum Gasteiger partial charge on any atom is 0.225 e. The summed E-state index contributed by atoms with van der Waals surface area (Å²) >= 11 is 0. The van der Waals surface area contributed by atoms with E-state index in [1.807, 2.05) is 11.0 Å². The van der Waals surface area contributed by atoms with Crippen molar-refractivity contribution in [1.29, 1.82) is 0 Å². The zero-order chi connectivity index (χ0) is 18.5. The number of carbonyl (C=O) groups is 2. The molecule has 2 aliphatic heterocycles. The number of nitrogens with one attached hydrogen (secondary N) is 2. The van der Waals surface area contributed by atoms with Crippen LogP contribution in [0, 0.1) is 24.6 Å². The van der Waals surface area contributed by atoms with E-state index >= 15 is 0 Å². The van der Waals surface area contributed by atoms with E-state index in [9.17, 15) is 14.0 Å². The highest BCUT2D eigenvalue weighted by molar-refractivity contribution is 5.85. The van der Waals surface area contributed by atoms with E-state index in [1.54, 1.807) is 13.0 Å². The van der Waals surface area contributed by atoms with Crippen LogP contribution in [-0.2, 0) is 16.1 Å². The van der Waals surface area contributed by atoms with Crippen LogP contribution in [0.5, 0.6) is 0 Å². The van der Waals surface area contributed by atoms with Gasteiger partial charge in [0.2, 0.25) is 11.8 Å². The smallest absolute Gasteiger partial charge is 0.225 e. The summed E-state index contributed by atoms with van der Waals surface area (Å²) in [6.45, 7) is 5.19. The summed E-state index contributed by atoms with van der Waals surface area (Å²) in [7, 11) is 0. The second-order valence-corrected chi connectivity index (χ2v) is 7.43. The first-order valence-corrected chi connectivity index (χ1v) is 9.57. The van der Waals surface area contributed by atoms with Gasteiger partial charge in [-0.2, -0.15) is 0 Å². The minimum atomic E-state index is -0.249. The molecule has 0 aliphatic carbocycles. The Balaban J connectivity index is 0.00000261. The number of halogens is 2. The molecule has 2 aliphatic rings. The number of aryl methyl sites for hydroxylation is 1. The summed E-state index contributed by atoms with van der Waals surface area (Å²) in [4.78, 5) is 26.9. The van der Waals surface area contributed by atoms with Crippen LogP contribution in [0.15, 0.2) is 18.2 Å². The van der Waals surface area contributed by atoms with Crippen LogP contribution in [0.4, 0.5) is 4.39 Å². The molecular weight excluding hydrogens is 369 g/mol. The molecule has 2 heterocycles. The van der Waals surface area contributed by atoms with Gasteiger partial charge in [-0.05, 0) is 62.9 Å². The number of hydrogen-bond donors (Lipinski definition) is 2. The summed E-state index contributed by atoms with van der Waals surface area (Å²) in [5.41, 5.74) is 1.37. The highest BCUT2D eigenvalue weighted by Gasteiger charge is 2.31. The number of rotatable bonds is 4. The van der Waals surface area contributed by atoms with Crippen molar-refractivity contribution in [3.8, 4) is 0 Å². The summed E-state index contributed by atoms with van der Waals surface area (Å²) in [5.74, 6) is 0.0716. The lowest BCUT2D eigenvalue weighted by Gasteiger charge is -2.34. The Kier molecular flexibility index (Phi) is 8.05. The maximum absolute atomic E-state index is 13.6. The molecule has 2 amide bonds. The molecule has 5 nitrogen and oxygen atoms in total. The zero-order valence-corrected chi connectivity index (χ0v) is 16.6. The van der Waals surface area contributed by atoms with Crippen molar-refractivity contribution >= 4 is 24.2 Å². The predicted molar refractivity (Wildman–Crippen MR) is 105 cm³/mol. The quantitative estimate of drug-likeness (QED) is 0.820. The lowest BCUT2D eigenvalue weighted by Crippen LogP contribution is -2.46. The molecule has 0 aromatic heterocycles. The van der Waals surface area contributed by atoms with Gasteiger partial charge in [0.05, 0.1) is 0 Å².